The van der Waals surface area contributed by atoms with E-state index in [9.17, 15) is 13.2 Å². The third-order valence-electron chi connectivity index (χ3n) is 4.49. The lowest BCUT2D eigenvalue weighted by molar-refractivity contribution is 0.0697. The molecule has 0 unspecified atom stereocenters. The van der Waals surface area contributed by atoms with Crippen molar-refractivity contribution in [3.8, 4) is 0 Å². The number of para-hydroxylation sites is 1. The van der Waals surface area contributed by atoms with Gasteiger partial charge in [-0.1, -0.05) is 18.2 Å². The fraction of sp³-hybridized carbons (Fsp3) is 0.222. The molecular weight excluding hydrogens is 372 g/mol. The highest BCUT2D eigenvalue weighted by molar-refractivity contribution is 7.94. The minimum absolute atomic E-state index is 0.0136. The Bertz CT molecular complexity index is 1120. The number of fused-ring (bicyclic) bond motifs is 2. The quantitative estimate of drug-likeness (QED) is 0.711. The Morgan fingerprint density at radius 1 is 1.19 bits per heavy atom. The van der Waals surface area contributed by atoms with Crippen molar-refractivity contribution < 1.29 is 18.3 Å². The number of sulfonamides is 1. The van der Waals surface area contributed by atoms with Gasteiger partial charge < -0.3 is 5.11 Å². The van der Waals surface area contributed by atoms with Crippen molar-refractivity contribution in [1.82, 2.24) is 4.98 Å². The zero-order valence-electron chi connectivity index (χ0n) is 13.7. The second-order valence-electron chi connectivity index (χ2n) is 6.20. The number of carboxylic acids is 1. The summed E-state index contributed by atoms with van der Waals surface area (Å²) >= 11 is 0.900. The molecular formula is C18H16N2O4S2. The largest absolute Gasteiger partial charge is 0.478 e. The van der Waals surface area contributed by atoms with Crippen LogP contribution in [0.4, 0.5) is 5.69 Å². The molecule has 26 heavy (non-hydrogen) atoms. The molecule has 2 N–H and O–H groups in total. The second-order valence-corrected chi connectivity index (χ2v) is 9.02. The van der Waals surface area contributed by atoms with Gasteiger partial charge in [-0.25, -0.2) is 13.2 Å². The van der Waals surface area contributed by atoms with Crippen LogP contribution in [0.2, 0.25) is 0 Å². The molecule has 0 saturated heterocycles. The standard InChI is InChI=1S/C18H16N2O4S2/c21-18(22)11-9-16(25-10-11)26(23,24)20-17-12-5-1-3-7-14(12)19-15-8-4-2-6-13(15)17/h1,3,5,7,9-10H,2,4,6,8H2,(H,19,20)(H,21,22). The van der Waals surface area contributed by atoms with Gasteiger partial charge in [0, 0.05) is 16.5 Å². The SMILES string of the molecule is O=C(O)c1csc(S(=O)(=O)Nc2c3c(nc4ccccc24)CCCC3)c1. The topological polar surface area (TPSA) is 96.4 Å². The van der Waals surface area contributed by atoms with E-state index in [1.807, 2.05) is 24.3 Å². The third-order valence-corrected chi connectivity index (χ3v) is 7.28. The molecule has 1 aromatic carbocycles. The van der Waals surface area contributed by atoms with E-state index >= 15 is 0 Å². The zero-order valence-corrected chi connectivity index (χ0v) is 15.4. The van der Waals surface area contributed by atoms with Gasteiger partial charge in [-0.2, -0.15) is 0 Å². The molecule has 4 rings (SSSR count). The molecule has 134 valence electrons. The van der Waals surface area contributed by atoms with Gasteiger partial charge in [0.1, 0.15) is 4.21 Å². The third kappa shape index (κ3) is 2.95. The molecule has 0 bridgehead atoms. The number of benzene rings is 1. The summed E-state index contributed by atoms with van der Waals surface area (Å²) in [6.07, 6.45) is 3.63. The van der Waals surface area contributed by atoms with Crippen molar-refractivity contribution in [2.24, 2.45) is 0 Å². The number of aryl methyl sites for hydroxylation is 1. The summed E-state index contributed by atoms with van der Waals surface area (Å²) in [6.45, 7) is 0. The fourth-order valence-corrected chi connectivity index (χ4v) is 5.51. The Hall–Kier alpha value is -2.45. The normalized spacial score (nSPS) is 14.2. The number of nitrogens with zero attached hydrogens (tertiary/aromatic N) is 1. The molecule has 0 saturated carbocycles. The zero-order chi connectivity index (χ0) is 18.3. The molecule has 0 radical (unpaired) electrons. The lowest BCUT2D eigenvalue weighted by Crippen LogP contribution is -2.16. The summed E-state index contributed by atoms with van der Waals surface area (Å²) in [5.74, 6) is -1.14. The summed E-state index contributed by atoms with van der Waals surface area (Å²) in [4.78, 5) is 15.7. The highest BCUT2D eigenvalue weighted by Crippen LogP contribution is 2.35. The van der Waals surface area contributed by atoms with Crippen LogP contribution in [0, 0.1) is 0 Å². The van der Waals surface area contributed by atoms with Crippen molar-refractivity contribution in [3.63, 3.8) is 0 Å². The first kappa shape index (κ1) is 17.0. The van der Waals surface area contributed by atoms with Crippen molar-refractivity contribution in [2.45, 2.75) is 29.9 Å². The Morgan fingerprint density at radius 3 is 2.73 bits per heavy atom. The first-order chi connectivity index (χ1) is 12.5. The first-order valence-electron chi connectivity index (χ1n) is 8.21. The Labute approximate surface area is 154 Å². The Morgan fingerprint density at radius 2 is 1.96 bits per heavy atom. The van der Waals surface area contributed by atoms with Crippen LogP contribution in [0.5, 0.6) is 0 Å². The van der Waals surface area contributed by atoms with E-state index < -0.39 is 16.0 Å². The first-order valence-corrected chi connectivity index (χ1v) is 10.6. The molecule has 0 aliphatic heterocycles. The highest BCUT2D eigenvalue weighted by Gasteiger charge is 2.24. The Kier molecular flexibility index (Phi) is 4.16. The van der Waals surface area contributed by atoms with Crippen LogP contribution in [0.15, 0.2) is 39.9 Å². The number of aromatic nitrogens is 1. The number of aromatic carboxylic acids is 1. The fourth-order valence-electron chi connectivity index (χ4n) is 3.24. The number of hydrogen-bond acceptors (Lipinski definition) is 5. The monoisotopic (exact) mass is 388 g/mol. The predicted molar refractivity (Wildman–Crippen MR) is 100 cm³/mol. The molecule has 1 aliphatic rings. The molecule has 8 heteroatoms. The van der Waals surface area contributed by atoms with Gasteiger partial charge >= 0.3 is 5.97 Å². The van der Waals surface area contributed by atoms with Gasteiger partial charge in [0.05, 0.1) is 16.8 Å². The Balaban J connectivity index is 1.84. The average molecular weight is 388 g/mol. The molecule has 1 aliphatic carbocycles. The number of carboxylic acid groups (broad SMARTS) is 1. The van der Waals surface area contributed by atoms with Crippen LogP contribution in [0.25, 0.3) is 10.9 Å². The summed E-state index contributed by atoms with van der Waals surface area (Å²) < 4.78 is 28.4. The van der Waals surface area contributed by atoms with E-state index in [2.05, 4.69) is 4.72 Å². The van der Waals surface area contributed by atoms with Gasteiger partial charge in [-0.05, 0) is 43.4 Å². The van der Waals surface area contributed by atoms with Crippen molar-refractivity contribution in [1.29, 1.82) is 0 Å². The van der Waals surface area contributed by atoms with E-state index in [1.54, 1.807) is 0 Å². The summed E-state index contributed by atoms with van der Waals surface area (Å²) in [5, 5.41) is 11.1. The van der Waals surface area contributed by atoms with Crippen molar-refractivity contribution in [3.05, 3.63) is 52.5 Å². The molecule has 6 nitrogen and oxygen atoms in total. The molecule has 3 aromatic rings. The molecule has 2 heterocycles. The van der Waals surface area contributed by atoms with E-state index in [0.717, 1.165) is 59.2 Å². The van der Waals surface area contributed by atoms with Gasteiger partial charge in [-0.3, -0.25) is 9.71 Å². The van der Waals surface area contributed by atoms with Crippen LogP contribution < -0.4 is 4.72 Å². The minimum Gasteiger partial charge on any atom is -0.478 e. The maximum atomic E-state index is 12.9. The number of hydrogen-bond donors (Lipinski definition) is 2. The van der Waals surface area contributed by atoms with Crippen LogP contribution in [0.3, 0.4) is 0 Å². The van der Waals surface area contributed by atoms with Gasteiger partial charge in [0.15, 0.2) is 0 Å². The molecule has 2 aromatic heterocycles. The lowest BCUT2D eigenvalue weighted by atomic mass is 9.93. The van der Waals surface area contributed by atoms with Crippen LogP contribution >= 0.6 is 11.3 Å². The number of nitrogens with one attached hydrogen (secondary N) is 1. The maximum Gasteiger partial charge on any atom is 0.336 e. The van der Waals surface area contributed by atoms with Gasteiger partial charge in [0.25, 0.3) is 10.0 Å². The summed E-state index contributed by atoms with van der Waals surface area (Å²) in [6, 6.07) is 8.64. The van der Waals surface area contributed by atoms with Crippen molar-refractivity contribution in [2.75, 3.05) is 4.72 Å². The van der Waals surface area contributed by atoms with E-state index in [0.29, 0.717) is 5.69 Å². The van der Waals surface area contributed by atoms with Crippen LogP contribution in [-0.4, -0.2) is 24.5 Å². The molecule has 0 amide bonds. The smallest absolute Gasteiger partial charge is 0.336 e. The van der Waals surface area contributed by atoms with E-state index in [-0.39, 0.29) is 9.77 Å². The van der Waals surface area contributed by atoms with Gasteiger partial charge in [0.2, 0.25) is 0 Å². The second kappa shape index (κ2) is 6.37. The number of thiophene rings is 1. The van der Waals surface area contributed by atoms with Crippen molar-refractivity contribution >= 4 is 43.9 Å². The molecule has 0 spiro atoms. The number of pyridine rings is 1. The molecule has 0 atom stereocenters. The average Bonchev–Trinajstić information content (AvgIpc) is 3.13. The van der Waals surface area contributed by atoms with E-state index in [4.69, 9.17) is 10.1 Å². The minimum atomic E-state index is -3.87. The lowest BCUT2D eigenvalue weighted by Gasteiger charge is -2.21. The van der Waals surface area contributed by atoms with Gasteiger partial charge in [-0.15, -0.1) is 11.3 Å². The number of carbonyl (C=O) groups is 1. The maximum absolute atomic E-state index is 12.9. The highest BCUT2D eigenvalue weighted by atomic mass is 32.2. The number of anilines is 1. The number of rotatable bonds is 4. The van der Waals surface area contributed by atoms with Crippen LogP contribution in [-0.2, 0) is 22.9 Å². The van der Waals surface area contributed by atoms with E-state index in [1.165, 1.54) is 11.4 Å². The van der Waals surface area contributed by atoms with Crippen LogP contribution in [0.1, 0.15) is 34.5 Å². The predicted octanol–water partition coefficient (Wildman–Crippen LogP) is 3.67. The molecule has 0 fully saturated rings. The summed E-state index contributed by atoms with van der Waals surface area (Å²) in [5.41, 5.74) is 3.16. The summed E-state index contributed by atoms with van der Waals surface area (Å²) in [7, 11) is -3.87.